The van der Waals surface area contributed by atoms with Gasteiger partial charge >= 0.3 is 5.97 Å². The van der Waals surface area contributed by atoms with Crippen molar-refractivity contribution in [1.29, 1.82) is 0 Å². The van der Waals surface area contributed by atoms with E-state index in [9.17, 15) is 18.0 Å². The molecular formula is C14H24N2O5S. The minimum Gasteiger partial charge on any atom is -0.481 e. The van der Waals surface area contributed by atoms with Crippen molar-refractivity contribution in [3.05, 3.63) is 0 Å². The first-order valence-corrected chi connectivity index (χ1v) is 9.36. The molecule has 3 atom stereocenters. The molecule has 8 heteroatoms. The van der Waals surface area contributed by atoms with Gasteiger partial charge in [0.05, 0.1) is 11.7 Å². The Morgan fingerprint density at radius 1 is 1.27 bits per heavy atom. The summed E-state index contributed by atoms with van der Waals surface area (Å²) in [6, 6.07) is -0.892. The van der Waals surface area contributed by atoms with Crippen LogP contribution < -0.4 is 5.32 Å². The Labute approximate surface area is 131 Å². The molecule has 0 spiro atoms. The molecule has 1 amide bonds. The zero-order valence-corrected chi connectivity index (χ0v) is 13.8. The molecular weight excluding hydrogens is 308 g/mol. The first-order chi connectivity index (χ1) is 10.2. The van der Waals surface area contributed by atoms with Crippen molar-refractivity contribution in [2.24, 2.45) is 11.8 Å². The van der Waals surface area contributed by atoms with Crippen molar-refractivity contribution in [3.8, 4) is 0 Å². The summed E-state index contributed by atoms with van der Waals surface area (Å²) in [6.07, 6.45) is 2.14. The van der Waals surface area contributed by atoms with E-state index in [2.05, 4.69) is 5.32 Å². The number of carboxylic acids is 1. The maximum absolute atomic E-state index is 12.5. The van der Waals surface area contributed by atoms with Gasteiger partial charge in [-0.25, -0.2) is 8.42 Å². The fourth-order valence-electron chi connectivity index (χ4n) is 3.36. The third-order valence-electron chi connectivity index (χ3n) is 4.48. The van der Waals surface area contributed by atoms with Gasteiger partial charge in [-0.2, -0.15) is 4.31 Å². The van der Waals surface area contributed by atoms with Gasteiger partial charge in [0.25, 0.3) is 0 Å². The van der Waals surface area contributed by atoms with Gasteiger partial charge in [-0.05, 0) is 31.6 Å². The van der Waals surface area contributed by atoms with E-state index in [0.29, 0.717) is 32.2 Å². The molecule has 1 unspecified atom stereocenters. The van der Waals surface area contributed by atoms with Crippen LogP contribution in [-0.4, -0.2) is 54.1 Å². The molecule has 0 radical (unpaired) electrons. The second kappa shape index (κ2) is 6.54. The fourth-order valence-corrected chi connectivity index (χ4v) is 5.18. The van der Waals surface area contributed by atoms with Crippen LogP contribution in [0.15, 0.2) is 0 Å². The van der Waals surface area contributed by atoms with E-state index < -0.39 is 28.0 Å². The van der Waals surface area contributed by atoms with E-state index in [1.807, 2.05) is 13.8 Å². The van der Waals surface area contributed by atoms with Crippen LogP contribution in [0.1, 0.15) is 39.5 Å². The lowest BCUT2D eigenvalue weighted by molar-refractivity contribution is -0.141. The van der Waals surface area contributed by atoms with E-state index in [1.165, 1.54) is 4.31 Å². The van der Waals surface area contributed by atoms with Crippen molar-refractivity contribution in [1.82, 2.24) is 9.62 Å². The number of aliphatic carboxylic acids is 1. The van der Waals surface area contributed by atoms with E-state index in [-0.39, 0.29) is 23.6 Å². The number of sulfonamides is 1. The van der Waals surface area contributed by atoms with Crippen molar-refractivity contribution < 1.29 is 23.1 Å². The smallest absolute Gasteiger partial charge is 0.306 e. The largest absolute Gasteiger partial charge is 0.481 e. The number of hydrogen-bond donors (Lipinski definition) is 2. The molecule has 22 heavy (non-hydrogen) atoms. The number of rotatable bonds is 5. The van der Waals surface area contributed by atoms with Crippen LogP contribution in [0.25, 0.3) is 0 Å². The molecule has 1 saturated heterocycles. The van der Waals surface area contributed by atoms with Gasteiger partial charge in [0.2, 0.25) is 15.9 Å². The standard InChI is InChI=1S/C14H24N2O5S/c1-9(2)12(16-6-3-7-22(16,20)21)13(17)15-11-5-4-10(8-11)14(18)19/h9-12H,3-8H2,1-2H3,(H,15,17)(H,18,19)/t10-,11+,12?/m0/s1. The SMILES string of the molecule is CC(C)C(C(=O)N[C@@H]1CC[C@H](C(=O)O)C1)N1CCCS1(=O)=O. The Bertz CT molecular complexity index is 545. The third kappa shape index (κ3) is 3.60. The Morgan fingerprint density at radius 2 is 1.95 bits per heavy atom. The first kappa shape index (κ1) is 17.2. The van der Waals surface area contributed by atoms with Crippen molar-refractivity contribution in [2.75, 3.05) is 12.3 Å². The Kier molecular flexibility index (Phi) is 5.11. The summed E-state index contributed by atoms with van der Waals surface area (Å²) in [4.78, 5) is 23.5. The number of carbonyl (C=O) groups excluding carboxylic acids is 1. The number of carbonyl (C=O) groups is 2. The molecule has 2 fully saturated rings. The lowest BCUT2D eigenvalue weighted by Crippen LogP contribution is -2.52. The van der Waals surface area contributed by atoms with Gasteiger partial charge in [-0.1, -0.05) is 13.8 Å². The van der Waals surface area contributed by atoms with Crippen molar-refractivity contribution in [3.63, 3.8) is 0 Å². The van der Waals surface area contributed by atoms with Crippen LogP contribution >= 0.6 is 0 Å². The van der Waals surface area contributed by atoms with Gasteiger partial charge in [0.15, 0.2) is 0 Å². The second-order valence-corrected chi connectivity index (χ2v) is 8.56. The number of hydrogen-bond acceptors (Lipinski definition) is 4. The van der Waals surface area contributed by atoms with E-state index in [1.54, 1.807) is 0 Å². The lowest BCUT2D eigenvalue weighted by atomic mass is 10.0. The highest BCUT2D eigenvalue weighted by Crippen LogP contribution is 2.27. The molecule has 1 saturated carbocycles. The van der Waals surface area contributed by atoms with Gasteiger partial charge in [-0.15, -0.1) is 0 Å². The van der Waals surface area contributed by atoms with Crippen LogP contribution in [-0.2, 0) is 19.6 Å². The molecule has 7 nitrogen and oxygen atoms in total. The molecule has 0 bridgehead atoms. The molecule has 126 valence electrons. The highest BCUT2D eigenvalue weighted by Gasteiger charge is 2.41. The normalized spacial score (nSPS) is 29.6. The molecule has 2 rings (SSSR count). The second-order valence-electron chi connectivity index (χ2n) is 6.52. The minimum absolute atomic E-state index is 0.0913. The fraction of sp³-hybridized carbons (Fsp3) is 0.857. The predicted octanol–water partition coefficient (Wildman–Crippen LogP) is 0.416. The van der Waals surface area contributed by atoms with Gasteiger partial charge in [-0.3, -0.25) is 9.59 Å². The minimum atomic E-state index is -3.36. The van der Waals surface area contributed by atoms with Crippen LogP contribution in [0, 0.1) is 11.8 Å². The summed E-state index contributed by atoms with van der Waals surface area (Å²) in [7, 11) is -3.36. The molecule has 1 aliphatic heterocycles. The molecule has 1 aliphatic carbocycles. The topological polar surface area (TPSA) is 104 Å². The Hall–Kier alpha value is -1.15. The Balaban J connectivity index is 2.04. The zero-order valence-electron chi connectivity index (χ0n) is 13.0. The monoisotopic (exact) mass is 332 g/mol. The molecule has 0 aromatic carbocycles. The summed E-state index contributed by atoms with van der Waals surface area (Å²) in [5.74, 6) is -1.60. The average Bonchev–Trinajstić information content (AvgIpc) is 2.97. The summed E-state index contributed by atoms with van der Waals surface area (Å²) < 4.78 is 25.4. The number of nitrogens with one attached hydrogen (secondary N) is 1. The van der Waals surface area contributed by atoms with Crippen LogP contribution in [0.4, 0.5) is 0 Å². The maximum atomic E-state index is 12.5. The molecule has 0 aromatic rings. The quantitative estimate of drug-likeness (QED) is 0.759. The van der Waals surface area contributed by atoms with Crippen LogP contribution in [0.3, 0.4) is 0 Å². The zero-order chi connectivity index (χ0) is 16.5. The molecule has 2 N–H and O–H groups in total. The van der Waals surface area contributed by atoms with Gasteiger partial charge in [0.1, 0.15) is 6.04 Å². The van der Waals surface area contributed by atoms with Crippen LogP contribution in [0.2, 0.25) is 0 Å². The molecule has 1 heterocycles. The van der Waals surface area contributed by atoms with Gasteiger partial charge < -0.3 is 10.4 Å². The van der Waals surface area contributed by atoms with E-state index in [4.69, 9.17) is 5.11 Å². The van der Waals surface area contributed by atoms with Crippen molar-refractivity contribution in [2.45, 2.75) is 51.6 Å². The predicted molar refractivity (Wildman–Crippen MR) is 80.6 cm³/mol. The first-order valence-electron chi connectivity index (χ1n) is 7.75. The maximum Gasteiger partial charge on any atom is 0.306 e. The summed E-state index contributed by atoms with van der Waals surface area (Å²) in [5, 5.41) is 11.9. The number of amides is 1. The highest BCUT2D eigenvalue weighted by atomic mass is 32.2. The average molecular weight is 332 g/mol. The highest BCUT2D eigenvalue weighted by molar-refractivity contribution is 7.89. The Morgan fingerprint density at radius 3 is 2.41 bits per heavy atom. The summed E-state index contributed by atoms with van der Waals surface area (Å²) in [5.41, 5.74) is 0. The van der Waals surface area contributed by atoms with Crippen molar-refractivity contribution >= 4 is 21.9 Å². The van der Waals surface area contributed by atoms with Crippen LogP contribution in [0.5, 0.6) is 0 Å². The van der Waals surface area contributed by atoms with Gasteiger partial charge in [0, 0.05) is 12.6 Å². The third-order valence-corrected chi connectivity index (χ3v) is 6.41. The number of nitrogens with zero attached hydrogens (tertiary/aromatic N) is 1. The summed E-state index contributed by atoms with van der Waals surface area (Å²) >= 11 is 0. The van der Waals surface area contributed by atoms with E-state index >= 15 is 0 Å². The summed E-state index contributed by atoms with van der Waals surface area (Å²) in [6.45, 7) is 4.03. The lowest BCUT2D eigenvalue weighted by Gasteiger charge is -2.29. The number of carboxylic acid groups (broad SMARTS) is 1. The molecule has 2 aliphatic rings. The molecule has 0 aromatic heterocycles. The van der Waals surface area contributed by atoms with E-state index in [0.717, 1.165) is 0 Å².